The van der Waals surface area contributed by atoms with Gasteiger partial charge in [-0.3, -0.25) is 14.9 Å². The lowest BCUT2D eigenvalue weighted by molar-refractivity contribution is -0.384. The molecule has 9 heteroatoms. The number of aromatic nitrogens is 2. The molecule has 2 aromatic carbocycles. The Bertz CT molecular complexity index is 1280. The van der Waals surface area contributed by atoms with E-state index in [1.165, 1.54) is 33.9 Å². The summed E-state index contributed by atoms with van der Waals surface area (Å²) in [6.45, 7) is 0. The van der Waals surface area contributed by atoms with Gasteiger partial charge in [0.15, 0.2) is 4.96 Å². The Morgan fingerprint density at radius 2 is 1.96 bits per heavy atom. The molecule has 4 rings (SSSR count). The minimum absolute atomic E-state index is 0.0542. The summed E-state index contributed by atoms with van der Waals surface area (Å²) < 4.78 is 1.90. The van der Waals surface area contributed by atoms with E-state index in [1.807, 2.05) is 24.3 Å². The highest BCUT2D eigenvalue weighted by Gasteiger charge is 2.16. The summed E-state index contributed by atoms with van der Waals surface area (Å²) in [4.78, 5) is 28.1. The molecule has 0 spiro atoms. The van der Waals surface area contributed by atoms with Crippen molar-refractivity contribution in [1.82, 2.24) is 9.38 Å². The maximum atomic E-state index is 12.7. The molecule has 0 aliphatic carbocycles. The molecule has 0 aliphatic rings. The van der Waals surface area contributed by atoms with Gasteiger partial charge in [0.25, 0.3) is 11.2 Å². The van der Waals surface area contributed by atoms with E-state index in [-0.39, 0.29) is 21.3 Å². The Balaban J connectivity index is 1.99. The maximum absolute atomic E-state index is 12.7. The van der Waals surface area contributed by atoms with Gasteiger partial charge in [-0.2, -0.15) is 0 Å². The van der Waals surface area contributed by atoms with Crippen molar-refractivity contribution in [3.05, 3.63) is 77.0 Å². The van der Waals surface area contributed by atoms with Crippen LogP contribution in [0.25, 0.3) is 22.1 Å². The van der Waals surface area contributed by atoms with Gasteiger partial charge in [0.1, 0.15) is 5.02 Å². The van der Waals surface area contributed by atoms with Crippen molar-refractivity contribution in [3.63, 3.8) is 0 Å². The SMILES string of the molecule is O=c1/c(=C/c2cc([N+](=O)[O-])c(Cl)cc2Cl)sc2nc3ccccc3n12. The highest BCUT2D eigenvalue weighted by molar-refractivity contribution is 7.15. The summed E-state index contributed by atoms with van der Waals surface area (Å²) in [5, 5.41) is 11.2. The molecule has 0 aliphatic heterocycles. The normalized spacial score (nSPS) is 12.3. The topological polar surface area (TPSA) is 77.5 Å². The average molecular weight is 392 g/mol. The average Bonchev–Trinajstić information content (AvgIpc) is 3.06. The van der Waals surface area contributed by atoms with Crippen molar-refractivity contribution < 1.29 is 4.92 Å². The van der Waals surface area contributed by atoms with Crippen molar-refractivity contribution >= 4 is 62.3 Å². The van der Waals surface area contributed by atoms with E-state index in [0.717, 1.165) is 5.52 Å². The molecule has 4 aromatic rings. The molecule has 2 aromatic heterocycles. The van der Waals surface area contributed by atoms with Gasteiger partial charge in [-0.15, -0.1) is 0 Å². The van der Waals surface area contributed by atoms with Crippen LogP contribution in [-0.2, 0) is 0 Å². The zero-order valence-corrected chi connectivity index (χ0v) is 14.6. The van der Waals surface area contributed by atoms with Crippen molar-refractivity contribution in [1.29, 1.82) is 0 Å². The monoisotopic (exact) mass is 391 g/mol. The largest absolute Gasteiger partial charge is 0.288 e. The summed E-state index contributed by atoms with van der Waals surface area (Å²) in [7, 11) is 0. The van der Waals surface area contributed by atoms with E-state index in [4.69, 9.17) is 23.2 Å². The summed E-state index contributed by atoms with van der Waals surface area (Å²) in [6, 6.07) is 9.88. The highest BCUT2D eigenvalue weighted by atomic mass is 35.5. The standard InChI is InChI=1S/C16H7Cl2N3O3S/c17-9-7-10(18)13(21(23)24)5-8(9)6-14-15(22)20-12-4-2-1-3-11(12)19-16(20)25-14/h1-7H/b14-6-. The molecule has 0 N–H and O–H groups in total. The Morgan fingerprint density at radius 3 is 2.72 bits per heavy atom. The van der Waals surface area contributed by atoms with Crippen LogP contribution in [0.3, 0.4) is 0 Å². The molecule has 6 nitrogen and oxygen atoms in total. The summed E-state index contributed by atoms with van der Waals surface area (Å²) >= 11 is 13.1. The van der Waals surface area contributed by atoms with Crippen LogP contribution < -0.4 is 10.1 Å². The van der Waals surface area contributed by atoms with Crippen LogP contribution in [0, 0.1) is 10.1 Å². The first-order chi connectivity index (χ1) is 12.0. The van der Waals surface area contributed by atoms with Crippen molar-refractivity contribution in [2.75, 3.05) is 0 Å². The van der Waals surface area contributed by atoms with Crippen LogP contribution in [0.5, 0.6) is 0 Å². The second-order valence-electron chi connectivity index (χ2n) is 5.22. The van der Waals surface area contributed by atoms with E-state index in [2.05, 4.69) is 4.98 Å². The number of nitro groups is 1. The summed E-state index contributed by atoms with van der Waals surface area (Å²) in [5.74, 6) is 0. The molecule has 0 saturated carbocycles. The van der Waals surface area contributed by atoms with Crippen LogP contribution >= 0.6 is 34.5 Å². The lowest BCUT2D eigenvalue weighted by atomic mass is 10.2. The van der Waals surface area contributed by atoms with Crippen LogP contribution in [-0.4, -0.2) is 14.3 Å². The molecule has 2 heterocycles. The van der Waals surface area contributed by atoms with Crippen LogP contribution in [0.15, 0.2) is 41.2 Å². The van der Waals surface area contributed by atoms with Gasteiger partial charge >= 0.3 is 0 Å². The van der Waals surface area contributed by atoms with Crippen LogP contribution in [0.1, 0.15) is 5.56 Å². The van der Waals surface area contributed by atoms with Gasteiger partial charge in [-0.05, 0) is 24.3 Å². The second kappa shape index (κ2) is 5.80. The maximum Gasteiger partial charge on any atom is 0.288 e. The van der Waals surface area contributed by atoms with Gasteiger partial charge in [0, 0.05) is 16.7 Å². The Morgan fingerprint density at radius 1 is 1.20 bits per heavy atom. The number of hydrogen-bond acceptors (Lipinski definition) is 5. The van der Waals surface area contributed by atoms with E-state index in [1.54, 1.807) is 0 Å². The highest BCUT2D eigenvalue weighted by Crippen LogP contribution is 2.31. The van der Waals surface area contributed by atoms with Gasteiger partial charge in [0.2, 0.25) is 0 Å². The number of fused-ring (bicyclic) bond motifs is 3. The molecule has 0 radical (unpaired) electrons. The third-order valence-corrected chi connectivity index (χ3v) is 5.29. The summed E-state index contributed by atoms with van der Waals surface area (Å²) in [5.41, 5.74) is 1.28. The van der Waals surface area contributed by atoms with Gasteiger partial charge < -0.3 is 0 Å². The summed E-state index contributed by atoms with van der Waals surface area (Å²) in [6.07, 6.45) is 1.52. The third kappa shape index (κ3) is 2.57. The fraction of sp³-hybridized carbons (Fsp3) is 0. The van der Waals surface area contributed by atoms with E-state index in [0.29, 0.717) is 20.6 Å². The Kier molecular flexibility index (Phi) is 3.72. The van der Waals surface area contributed by atoms with Crippen molar-refractivity contribution in [3.8, 4) is 0 Å². The third-order valence-electron chi connectivity index (χ3n) is 3.69. The van der Waals surface area contributed by atoms with Gasteiger partial charge in [-0.25, -0.2) is 9.38 Å². The van der Waals surface area contributed by atoms with E-state index in [9.17, 15) is 14.9 Å². The van der Waals surface area contributed by atoms with Crippen molar-refractivity contribution in [2.24, 2.45) is 0 Å². The smallest absolute Gasteiger partial charge is 0.267 e. The zero-order valence-electron chi connectivity index (χ0n) is 12.3. The van der Waals surface area contributed by atoms with Crippen LogP contribution in [0.4, 0.5) is 5.69 Å². The Labute approximate surface area is 153 Å². The molecular formula is C16H7Cl2N3O3S. The molecular weight excluding hydrogens is 385 g/mol. The number of para-hydroxylation sites is 2. The number of nitrogens with zero attached hydrogens (tertiary/aromatic N) is 3. The predicted octanol–water partition coefficient (Wildman–Crippen LogP) is 3.67. The number of nitro benzene ring substituents is 1. The van der Waals surface area contributed by atoms with E-state index >= 15 is 0 Å². The number of halogens is 2. The Hall–Kier alpha value is -2.48. The first-order valence-corrected chi connectivity index (χ1v) is 8.58. The fourth-order valence-electron chi connectivity index (χ4n) is 2.56. The number of benzene rings is 2. The number of thiazole rings is 1. The minimum Gasteiger partial charge on any atom is -0.267 e. The van der Waals surface area contributed by atoms with Crippen molar-refractivity contribution in [2.45, 2.75) is 0 Å². The molecule has 124 valence electrons. The molecule has 0 saturated heterocycles. The first-order valence-electron chi connectivity index (χ1n) is 7.01. The molecule has 0 fully saturated rings. The van der Waals surface area contributed by atoms with Crippen LogP contribution in [0.2, 0.25) is 10.0 Å². The minimum atomic E-state index is -0.594. The number of hydrogen-bond donors (Lipinski definition) is 0. The first kappa shape index (κ1) is 16.0. The lowest BCUT2D eigenvalue weighted by Gasteiger charge is -2.00. The van der Waals surface area contributed by atoms with Gasteiger partial charge in [-0.1, -0.05) is 46.7 Å². The molecule has 25 heavy (non-hydrogen) atoms. The molecule has 0 bridgehead atoms. The number of imidazole rings is 1. The molecule has 0 unspecified atom stereocenters. The van der Waals surface area contributed by atoms with E-state index < -0.39 is 4.92 Å². The molecule has 0 amide bonds. The lowest BCUT2D eigenvalue weighted by Crippen LogP contribution is -2.22. The zero-order chi connectivity index (χ0) is 17.7. The number of rotatable bonds is 2. The fourth-order valence-corrected chi connectivity index (χ4v) is 4.04. The van der Waals surface area contributed by atoms with Gasteiger partial charge in [0.05, 0.1) is 20.5 Å². The predicted molar refractivity (Wildman–Crippen MR) is 98.7 cm³/mol. The molecule has 0 atom stereocenters. The second-order valence-corrected chi connectivity index (χ2v) is 7.04. The quantitative estimate of drug-likeness (QED) is 0.385.